The van der Waals surface area contributed by atoms with E-state index in [0.29, 0.717) is 12.0 Å². The first kappa shape index (κ1) is 14.8. The van der Waals surface area contributed by atoms with Gasteiger partial charge in [0.1, 0.15) is 11.5 Å². The molecule has 18 heavy (non-hydrogen) atoms. The van der Waals surface area contributed by atoms with Crippen LogP contribution in [0.15, 0.2) is 18.2 Å². The third-order valence-electron chi connectivity index (χ3n) is 3.44. The highest BCUT2D eigenvalue weighted by molar-refractivity contribution is 5.42. The van der Waals surface area contributed by atoms with Gasteiger partial charge in [0.05, 0.1) is 14.2 Å². The van der Waals surface area contributed by atoms with Crippen molar-refractivity contribution in [3.63, 3.8) is 0 Å². The molecule has 0 saturated carbocycles. The molecule has 3 heteroatoms. The minimum atomic E-state index is 0.389. The van der Waals surface area contributed by atoms with Gasteiger partial charge in [-0.15, -0.1) is 0 Å². The fraction of sp³-hybridized carbons (Fsp3) is 0.600. The Kier molecular flexibility index (Phi) is 5.99. The van der Waals surface area contributed by atoms with Crippen LogP contribution in [0.3, 0.4) is 0 Å². The van der Waals surface area contributed by atoms with Crippen LogP contribution >= 0.6 is 0 Å². The molecule has 0 fully saturated rings. The Balaban J connectivity index is 3.04. The monoisotopic (exact) mass is 251 g/mol. The van der Waals surface area contributed by atoms with Crippen LogP contribution in [0.4, 0.5) is 0 Å². The summed E-state index contributed by atoms with van der Waals surface area (Å²) in [7, 11) is 3.41. The minimum Gasteiger partial charge on any atom is -0.497 e. The Morgan fingerprint density at radius 3 is 2.39 bits per heavy atom. The van der Waals surface area contributed by atoms with Crippen molar-refractivity contribution in [3.8, 4) is 11.5 Å². The maximum atomic E-state index is 5.46. The molecule has 1 N–H and O–H groups in total. The zero-order valence-electron chi connectivity index (χ0n) is 12.1. The van der Waals surface area contributed by atoms with E-state index >= 15 is 0 Å². The van der Waals surface area contributed by atoms with Crippen LogP contribution in [-0.4, -0.2) is 26.8 Å². The van der Waals surface area contributed by atoms with Gasteiger partial charge in [0.25, 0.3) is 0 Å². The van der Waals surface area contributed by atoms with E-state index in [1.54, 1.807) is 14.2 Å². The van der Waals surface area contributed by atoms with E-state index < -0.39 is 0 Å². The first-order valence-electron chi connectivity index (χ1n) is 6.63. The number of likely N-dealkylation sites (N-methyl/N-ethyl adjacent to an activating group) is 1. The Hall–Kier alpha value is -1.22. The van der Waals surface area contributed by atoms with Crippen molar-refractivity contribution in [2.24, 2.45) is 0 Å². The van der Waals surface area contributed by atoms with Crippen LogP contribution in [0.5, 0.6) is 11.5 Å². The van der Waals surface area contributed by atoms with Gasteiger partial charge in [-0.05, 0) is 31.2 Å². The predicted molar refractivity (Wildman–Crippen MR) is 75.7 cm³/mol. The lowest BCUT2D eigenvalue weighted by atomic mass is 9.90. The average molecular weight is 251 g/mol. The molecule has 0 radical (unpaired) electrons. The molecule has 2 atom stereocenters. The second kappa shape index (κ2) is 7.27. The molecule has 0 aliphatic heterocycles. The van der Waals surface area contributed by atoms with E-state index in [2.05, 4.69) is 32.2 Å². The molecule has 0 aliphatic rings. The highest BCUT2D eigenvalue weighted by Gasteiger charge is 2.20. The Labute approximate surface area is 110 Å². The number of benzene rings is 1. The van der Waals surface area contributed by atoms with E-state index in [-0.39, 0.29) is 0 Å². The Morgan fingerprint density at radius 1 is 1.17 bits per heavy atom. The molecule has 0 aromatic heterocycles. The number of ether oxygens (including phenoxy) is 2. The molecule has 0 amide bonds. The zero-order valence-corrected chi connectivity index (χ0v) is 12.1. The zero-order chi connectivity index (χ0) is 13.5. The van der Waals surface area contributed by atoms with Crippen molar-refractivity contribution < 1.29 is 9.47 Å². The van der Waals surface area contributed by atoms with Crippen LogP contribution in [0, 0.1) is 0 Å². The number of nitrogens with one attached hydrogen (secondary N) is 1. The van der Waals surface area contributed by atoms with Gasteiger partial charge in [0, 0.05) is 17.5 Å². The first-order chi connectivity index (χ1) is 8.67. The predicted octanol–water partition coefficient (Wildman–Crippen LogP) is 3.20. The Bertz CT molecular complexity index is 366. The van der Waals surface area contributed by atoms with E-state index in [0.717, 1.165) is 24.5 Å². The number of methoxy groups -OCH3 is 2. The second-order valence-corrected chi connectivity index (χ2v) is 4.47. The summed E-state index contributed by atoms with van der Waals surface area (Å²) in [6.07, 6.45) is 1.09. The second-order valence-electron chi connectivity index (χ2n) is 4.47. The third-order valence-corrected chi connectivity index (χ3v) is 3.44. The molecule has 0 bridgehead atoms. The summed E-state index contributed by atoms with van der Waals surface area (Å²) in [4.78, 5) is 0. The SMILES string of the molecule is CCNC(CC)C(C)c1cc(OC)ccc1OC. The molecular formula is C15H25NO2. The molecule has 1 aromatic rings. The maximum absolute atomic E-state index is 5.46. The Morgan fingerprint density at radius 2 is 1.89 bits per heavy atom. The topological polar surface area (TPSA) is 30.5 Å². The van der Waals surface area contributed by atoms with Crippen LogP contribution in [0.1, 0.15) is 38.7 Å². The van der Waals surface area contributed by atoms with Crippen molar-refractivity contribution >= 4 is 0 Å². The lowest BCUT2D eigenvalue weighted by Gasteiger charge is -2.25. The van der Waals surface area contributed by atoms with Crippen molar-refractivity contribution in [2.45, 2.75) is 39.2 Å². The molecular weight excluding hydrogens is 226 g/mol. The molecule has 2 unspecified atom stereocenters. The minimum absolute atomic E-state index is 0.389. The first-order valence-corrected chi connectivity index (χ1v) is 6.63. The van der Waals surface area contributed by atoms with Gasteiger partial charge in [0.15, 0.2) is 0 Å². The summed E-state index contributed by atoms with van der Waals surface area (Å²) < 4.78 is 10.8. The lowest BCUT2D eigenvalue weighted by Crippen LogP contribution is -2.33. The van der Waals surface area contributed by atoms with Crippen LogP contribution in [-0.2, 0) is 0 Å². The summed E-state index contributed by atoms with van der Waals surface area (Å²) in [6, 6.07) is 6.44. The van der Waals surface area contributed by atoms with Gasteiger partial charge in [0.2, 0.25) is 0 Å². The molecule has 1 aromatic carbocycles. The average Bonchev–Trinajstić information content (AvgIpc) is 2.43. The van der Waals surface area contributed by atoms with Gasteiger partial charge >= 0.3 is 0 Å². The highest BCUT2D eigenvalue weighted by atomic mass is 16.5. The normalized spacial score (nSPS) is 14.1. The van der Waals surface area contributed by atoms with Gasteiger partial charge in [-0.1, -0.05) is 20.8 Å². The number of hydrogen-bond donors (Lipinski definition) is 1. The van der Waals surface area contributed by atoms with Crippen LogP contribution in [0.2, 0.25) is 0 Å². The van der Waals surface area contributed by atoms with Crippen molar-refractivity contribution in [1.29, 1.82) is 0 Å². The summed E-state index contributed by atoms with van der Waals surface area (Å²) in [6.45, 7) is 7.55. The number of hydrogen-bond acceptors (Lipinski definition) is 3. The van der Waals surface area contributed by atoms with E-state index in [9.17, 15) is 0 Å². The van der Waals surface area contributed by atoms with E-state index in [1.807, 2.05) is 12.1 Å². The van der Waals surface area contributed by atoms with Crippen molar-refractivity contribution in [2.75, 3.05) is 20.8 Å². The fourth-order valence-electron chi connectivity index (χ4n) is 2.35. The quantitative estimate of drug-likeness (QED) is 0.807. The van der Waals surface area contributed by atoms with Crippen LogP contribution in [0.25, 0.3) is 0 Å². The lowest BCUT2D eigenvalue weighted by molar-refractivity contribution is 0.383. The summed E-state index contributed by atoms with van der Waals surface area (Å²) in [5.41, 5.74) is 1.20. The summed E-state index contributed by atoms with van der Waals surface area (Å²) in [5, 5.41) is 3.52. The third kappa shape index (κ3) is 3.39. The largest absolute Gasteiger partial charge is 0.497 e. The van der Waals surface area contributed by atoms with Crippen LogP contribution < -0.4 is 14.8 Å². The van der Waals surface area contributed by atoms with Gasteiger partial charge in [-0.2, -0.15) is 0 Å². The molecule has 1 rings (SSSR count). The summed E-state index contributed by atoms with van der Waals surface area (Å²) >= 11 is 0. The fourth-order valence-corrected chi connectivity index (χ4v) is 2.35. The molecule has 0 aliphatic carbocycles. The van der Waals surface area contributed by atoms with Gasteiger partial charge in [-0.25, -0.2) is 0 Å². The van der Waals surface area contributed by atoms with Crippen molar-refractivity contribution in [1.82, 2.24) is 5.32 Å². The molecule has 0 heterocycles. The smallest absolute Gasteiger partial charge is 0.122 e. The molecule has 0 saturated heterocycles. The highest BCUT2D eigenvalue weighted by Crippen LogP contribution is 2.32. The summed E-state index contributed by atoms with van der Waals surface area (Å²) in [5.74, 6) is 2.20. The standard InChI is InChI=1S/C15H25NO2/c1-6-14(16-7-2)11(3)13-10-12(17-4)8-9-15(13)18-5/h8-11,14,16H,6-7H2,1-5H3. The number of rotatable bonds is 7. The van der Waals surface area contributed by atoms with Gasteiger partial charge < -0.3 is 14.8 Å². The molecule has 3 nitrogen and oxygen atoms in total. The maximum Gasteiger partial charge on any atom is 0.122 e. The molecule has 0 spiro atoms. The van der Waals surface area contributed by atoms with Gasteiger partial charge in [-0.3, -0.25) is 0 Å². The molecule has 102 valence electrons. The van der Waals surface area contributed by atoms with Crippen molar-refractivity contribution in [3.05, 3.63) is 23.8 Å². The van der Waals surface area contributed by atoms with E-state index in [1.165, 1.54) is 5.56 Å². The van der Waals surface area contributed by atoms with E-state index in [4.69, 9.17) is 9.47 Å².